The Morgan fingerprint density at radius 2 is 1.59 bits per heavy atom. The van der Waals surface area contributed by atoms with E-state index in [1.165, 1.54) is 6.07 Å². The number of para-hydroxylation sites is 1. The van der Waals surface area contributed by atoms with Crippen LogP contribution in [-0.2, 0) is 0 Å². The average molecular weight is 402 g/mol. The first-order valence-electron chi connectivity index (χ1n) is 8.98. The lowest BCUT2D eigenvalue weighted by molar-refractivity contribution is 0.415. The minimum atomic E-state index is -0.115. The molecule has 29 heavy (non-hydrogen) atoms. The molecular formula is C23H18N2O3S. The Morgan fingerprint density at radius 3 is 2.28 bits per heavy atom. The van der Waals surface area contributed by atoms with Gasteiger partial charge >= 0.3 is 0 Å². The van der Waals surface area contributed by atoms with Crippen molar-refractivity contribution in [1.29, 1.82) is 0 Å². The number of benzene rings is 3. The van der Waals surface area contributed by atoms with Crippen molar-refractivity contribution in [1.82, 2.24) is 0 Å². The molecule has 5 nitrogen and oxygen atoms in total. The van der Waals surface area contributed by atoms with Crippen molar-refractivity contribution < 1.29 is 9.15 Å². The summed E-state index contributed by atoms with van der Waals surface area (Å²) >= 11 is 5.34. The fraction of sp³-hybridized carbons (Fsp3) is 0.0435. The molecule has 1 heterocycles. The van der Waals surface area contributed by atoms with E-state index in [-0.39, 0.29) is 5.43 Å². The molecule has 144 valence electrons. The smallest absolute Gasteiger partial charge is 0.193 e. The van der Waals surface area contributed by atoms with Crippen LogP contribution >= 0.6 is 12.2 Å². The van der Waals surface area contributed by atoms with Gasteiger partial charge in [0, 0.05) is 23.0 Å². The third-order valence-corrected chi connectivity index (χ3v) is 4.60. The zero-order chi connectivity index (χ0) is 20.2. The Balaban J connectivity index is 1.53. The highest BCUT2D eigenvalue weighted by molar-refractivity contribution is 7.80. The third kappa shape index (κ3) is 4.28. The molecule has 6 heteroatoms. The van der Waals surface area contributed by atoms with Crippen molar-refractivity contribution in [3.05, 3.63) is 89.1 Å². The molecule has 0 aliphatic rings. The lowest BCUT2D eigenvalue weighted by atomic mass is 10.1. The summed E-state index contributed by atoms with van der Waals surface area (Å²) in [7, 11) is 1.56. The Labute approximate surface area is 172 Å². The molecular weight excluding hydrogens is 384 g/mol. The second-order valence-corrected chi connectivity index (χ2v) is 6.77. The Kier molecular flexibility index (Phi) is 5.27. The van der Waals surface area contributed by atoms with Gasteiger partial charge in [-0.2, -0.15) is 0 Å². The lowest BCUT2D eigenvalue weighted by Crippen LogP contribution is -2.18. The van der Waals surface area contributed by atoms with Crippen LogP contribution in [0.3, 0.4) is 0 Å². The fourth-order valence-electron chi connectivity index (χ4n) is 2.94. The third-order valence-electron chi connectivity index (χ3n) is 4.39. The Morgan fingerprint density at radius 1 is 0.897 bits per heavy atom. The second kappa shape index (κ2) is 8.16. The molecule has 2 N–H and O–H groups in total. The molecule has 0 unspecified atom stereocenters. The summed E-state index contributed by atoms with van der Waals surface area (Å²) < 4.78 is 11.1. The number of anilines is 2. The molecule has 0 atom stereocenters. The quantitative estimate of drug-likeness (QED) is 0.453. The van der Waals surface area contributed by atoms with Gasteiger partial charge in [0.1, 0.15) is 17.1 Å². The molecule has 4 rings (SSSR count). The number of hydrogen-bond acceptors (Lipinski definition) is 4. The van der Waals surface area contributed by atoms with E-state index in [2.05, 4.69) is 10.6 Å². The maximum absolute atomic E-state index is 12.5. The molecule has 0 aliphatic heterocycles. The van der Waals surface area contributed by atoms with Crippen molar-refractivity contribution in [2.24, 2.45) is 0 Å². The minimum Gasteiger partial charge on any atom is -0.497 e. The van der Waals surface area contributed by atoms with E-state index in [1.54, 1.807) is 25.3 Å². The topological polar surface area (TPSA) is 63.5 Å². The fourth-order valence-corrected chi connectivity index (χ4v) is 3.17. The molecule has 3 aromatic carbocycles. The van der Waals surface area contributed by atoms with Gasteiger partial charge in [-0.1, -0.05) is 18.2 Å². The second-order valence-electron chi connectivity index (χ2n) is 6.36. The Hall–Kier alpha value is -3.64. The predicted octanol–water partition coefficient (Wildman–Crippen LogP) is 5.28. The molecule has 0 bridgehead atoms. The van der Waals surface area contributed by atoms with Crippen molar-refractivity contribution in [3.8, 4) is 17.1 Å². The summed E-state index contributed by atoms with van der Waals surface area (Å²) in [6.07, 6.45) is 0. The van der Waals surface area contributed by atoms with Crippen LogP contribution in [0.1, 0.15) is 0 Å². The van der Waals surface area contributed by atoms with E-state index in [0.717, 1.165) is 16.9 Å². The number of ether oxygens (including phenoxy) is 1. The van der Waals surface area contributed by atoms with Crippen LogP contribution in [0.15, 0.2) is 88.1 Å². The first kappa shape index (κ1) is 18.7. The van der Waals surface area contributed by atoms with Gasteiger partial charge in [0.25, 0.3) is 0 Å². The van der Waals surface area contributed by atoms with Gasteiger partial charge in [0.15, 0.2) is 10.5 Å². The van der Waals surface area contributed by atoms with Crippen molar-refractivity contribution in [2.75, 3.05) is 17.7 Å². The van der Waals surface area contributed by atoms with Crippen molar-refractivity contribution >= 4 is 39.7 Å². The van der Waals surface area contributed by atoms with Crippen molar-refractivity contribution in [2.45, 2.75) is 0 Å². The highest BCUT2D eigenvalue weighted by Gasteiger charge is 2.08. The van der Waals surface area contributed by atoms with Crippen LogP contribution in [0.25, 0.3) is 22.3 Å². The maximum Gasteiger partial charge on any atom is 0.193 e. The highest BCUT2D eigenvalue weighted by Crippen LogP contribution is 2.25. The molecule has 0 fully saturated rings. The summed E-state index contributed by atoms with van der Waals surface area (Å²) in [5.74, 6) is 1.12. The van der Waals surface area contributed by atoms with Gasteiger partial charge in [0.2, 0.25) is 0 Å². The molecule has 1 aromatic heterocycles. The molecule has 0 aliphatic carbocycles. The summed E-state index contributed by atoms with van der Waals surface area (Å²) in [4.78, 5) is 12.5. The standard InChI is InChI=1S/C23H18N2O3S/c1-27-18-11-12-21-19(13-18)20(26)14-22(28-21)15-7-9-17(10-8-15)25-23(29)24-16-5-3-2-4-6-16/h2-14H,1H3,(H2,24,25,29). The molecule has 0 amide bonds. The average Bonchev–Trinajstić information content (AvgIpc) is 2.74. The summed E-state index contributed by atoms with van der Waals surface area (Å²) in [6.45, 7) is 0. The summed E-state index contributed by atoms with van der Waals surface area (Å²) in [6, 6.07) is 23.9. The molecule has 0 spiro atoms. The minimum absolute atomic E-state index is 0.115. The van der Waals surface area contributed by atoms with Crippen LogP contribution in [0, 0.1) is 0 Å². The first-order valence-corrected chi connectivity index (χ1v) is 9.38. The van der Waals surface area contributed by atoms with E-state index in [0.29, 0.717) is 27.6 Å². The number of thiocarbonyl (C=S) groups is 1. The van der Waals surface area contributed by atoms with Gasteiger partial charge in [0.05, 0.1) is 12.5 Å². The van der Waals surface area contributed by atoms with Crippen LogP contribution < -0.4 is 20.8 Å². The number of fused-ring (bicyclic) bond motifs is 1. The van der Waals surface area contributed by atoms with E-state index in [9.17, 15) is 4.79 Å². The number of hydrogen-bond donors (Lipinski definition) is 2. The van der Waals surface area contributed by atoms with E-state index < -0.39 is 0 Å². The van der Waals surface area contributed by atoms with Gasteiger partial charge in [-0.25, -0.2) is 0 Å². The van der Waals surface area contributed by atoms with E-state index in [1.807, 2.05) is 54.6 Å². The van der Waals surface area contributed by atoms with E-state index in [4.69, 9.17) is 21.4 Å². The first-order chi connectivity index (χ1) is 14.1. The van der Waals surface area contributed by atoms with Crippen LogP contribution in [0.5, 0.6) is 5.75 Å². The van der Waals surface area contributed by atoms with Gasteiger partial charge in [-0.15, -0.1) is 0 Å². The van der Waals surface area contributed by atoms with Gasteiger partial charge < -0.3 is 19.8 Å². The Bertz CT molecular complexity index is 1220. The molecule has 0 saturated heterocycles. The zero-order valence-electron chi connectivity index (χ0n) is 15.6. The number of methoxy groups -OCH3 is 1. The largest absolute Gasteiger partial charge is 0.497 e. The monoisotopic (exact) mass is 402 g/mol. The summed E-state index contributed by atoms with van der Waals surface area (Å²) in [5, 5.41) is 7.25. The summed E-state index contributed by atoms with van der Waals surface area (Å²) in [5.41, 5.74) is 2.94. The molecule has 0 saturated carbocycles. The maximum atomic E-state index is 12.5. The van der Waals surface area contributed by atoms with Crippen LogP contribution in [0.4, 0.5) is 11.4 Å². The predicted molar refractivity (Wildman–Crippen MR) is 121 cm³/mol. The van der Waals surface area contributed by atoms with Gasteiger partial charge in [-0.3, -0.25) is 4.79 Å². The van der Waals surface area contributed by atoms with Gasteiger partial charge in [-0.05, 0) is 66.8 Å². The number of rotatable bonds is 4. The normalized spacial score (nSPS) is 10.5. The van der Waals surface area contributed by atoms with Crippen LogP contribution in [0.2, 0.25) is 0 Å². The lowest BCUT2D eigenvalue weighted by Gasteiger charge is -2.11. The molecule has 4 aromatic rings. The van der Waals surface area contributed by atoms with Crippen molar-refractivity contribution in [3.63, 3.8) is 0 Å². The molecule has 0 radical (unpaired) electrons. The number of nitrogens with one attached hydrogen (secondary N) is 2. The van der Waals surface area contributed by atoms with Crippen LogP contribution in [-0.4, -0.2) is 12.2 Å². The highest BCUT2D eigenvalue weighted by atomic mass is 32.1. The SMILES string of the molecule is COc1ccc2oc(-c3ccc(NC(=S)Nc4ccccc4)cc3)cc(=O)c2c1. The zero-order valence-corrected chi connectivity index (χ0v) is 16.5. The van der Waals surface area contributed by atoms with E-state index >= 15 is 0 Å².